The molecule has 0 bridgehead atoms. The Balaban J connectivity index is 2.84. The van der Waals surface area contributed by atoms with Crippen molar-refractivity contribution in [3.63, 3.8) is 0 Å². The molecule has 94 valence electrons. The normalized spacial score (nSPS) is 40.8. The third-order valence-electron chi connectivity index (χ3n) is 4.26. The first-order valence-corrected chi connectivity index (χ1v) is 6.18. The molecule has 1 aliphatic carbocycles. The Morgan fingerprint density at radius 2 is 1.94 bits per heavy atom. The van der Waals surface area contributed by atoms with Gasteiger partial charge in [-0.1, -0.05) is 26.8 Å². The first-order chi connectivity index (χ1) is 7.12. The van der Waals surface area contributed by atoms with Gasteiger partial charge in [0.25, 0.3) is 0 Å². The SMILES string of the molecule is C=CC[C@]1(O)CC[C@H](C(C)(C)C)C[C@@]1(C)O. The predicted octanol–water partition coefficient (Wildman–Crippen LogP) is 2.89. The van der Waals surface area contributed by atoms with Gasteiger partial charge in [-0.2, -0.15) is 0 Å². The molecule has 0 heterocycles. The van der Waals surface area contributed by atoms with Gasteiger partial charge in [0.1, 0.15) is 0 Å². The van der Waals surface area contributed by atoms with Crippen LogP contribution in [0.2, 0.25) is 0 Å². The minimum Gasteiger partial charge on any atom is -0.387 e. The maximum atomic E-state index is 10.5. The van der Waals surface area contributed by atoms with Crippen molar-refractivity contribution in [3.05, 3.63) is 12.7 Å². The second-order valence-corrected chi connectivity index (χ2v) is 6.60. The van der Waals surface area contributed by atoms with Gasteiger partial charge >= 0.3 is 0 Å². The quantitative estimate of drug-likeness (QED) is 0.711. The summed E-state index contributed by atoms with van der Waals surface area (Å²) >= 11 is 0. The molecule has 0 saturated heterocycles. The fourth-order valence-corrected chi connectivity index (χ4v) is 2.75. The van der Waals surface area contributed by atoms with Gasteiger partial charge < -0.3 is 10.2 Å². The van der Waals surface area contributed by atoms with E-state index >= 15 is 0 Å². The molecule has 2 heteroatoms. The molecule has 0 unspecified atom stereocenters. The Morgan fingerprint density at radius 1 is 1.38 bits per heavy atom. The maximum absolute atomic E-state index is 10.5. The van der Waals surface area contributed by atoms with Crippen LogP contribution in [0.5, 0.6) is 0 Å². The van der Waals surface area contributed by atoms with E-state index in [9.17, 15) is 10.2 Å². The highest BCUT2D eigenvalue weighted by Crippen LogP contribution is 2.47. The van der Waals surface area contributed by atoms with Crippen LogP contribution >= 0.6 is 0 Å². The summed E-state index contributed by atoms with van der Waals surface area (Å²) in [5.74, 6) is 0.465. The van der Waals surface area contributed by atoms with Crippen molar-refractivity contribution in [2.75, 3.05) is 0 Å². The van der Waals surface area contributed by atoms with Gasteiger partial charge in [0.2, 0.25) is 0 Å². The van der Waals surface area contributed by atoms with E-state index in [0.29, 0.717) is 25.2 Å². The highest BCUT2D eigenvalue weighted by Gasteiger charge is 2.50. The zero-order valence-corrected chi connectivity index (χ0v) is 11.1. The first kappa shape index (κ1) is 13.7. The standard InChI is InChI=1S/C14H26O2/c1-6-8-14(16)9-7-11(12(2,3)4)10-13(14,5)15/h6,11,15-16H,1,7-10H2,2-5H3/t11-,13+,14-/m0/s1. The number of hydrogen-bond acceptors (Lipinski definition) is 2. The van der Waals surface area contributed by atoms with Crippen LogP contribution in [0, 0.1) is 11.3 Å². The van der Waals surface area contributed by atoms with Crippen molar-refractivity contribution in [2.45, 2.75) is 64.6 Å². The van der Waals surface area contributed by atoms with Gasteiger partial charge in [0, 0.05) is 0 Å². The van der Waals surface area contributed by atoms with E-state index in [-0.39, 0.29) is 5.41 Å². The second kappa shape index (κ2) is 4.15. The lowest BCUT2D eigenvalue weighted by Gasteiger charge is -2.50. The molecular formula is C14H26O2. The van der Waals surface area contributed by atoms with Crippen molar-refractivity contribution in [1.82, 2.24) is 0 Å². The van der Waals surface area contributed by atoms with Crippen LogP contribution in [-0.4, -0.2) is 21.4 Å². The summed E-state index contributed by atoms with van der Waals surface area (Å²) in [7, 11) is 0. The number of aliphatic hydroxyl groups is 2. The molecule has 0 aromatic heterocycles. The Morgan fingerprint density at radius 3 is 2.31 bits per heavy atom. The first-order valence-electron chi connectivity index (χ1n) is 6.18. The van der Waals surface area contributed by atoms with E-state index in [1.54, 1.807) is 13.0 Å². The summed E-state index contributed by atoms with van der Waals surface area (Å²) < 4.78 is 0. The largest absolute Gasteiger partial charge is 0.387 e. The van der Waals surface area contributed by atoms with Crippen LogP contribution in [0.25, 0.3) is 0 Å². The third kappa shape index (κ3) is 2.49. The van der Waals surface area contributed by atoms with E-state index in [1.165, 1.54) is 0 Å². The monoisotopic (exact) mass is 226 g/mol. The van der Waals surface area contributed by atoms with E-state index in [2.05, 4.69) is 27.4 Å². The summed E-state index contributed by atoms with van der Waals surface area (Å²) in [5, 5.41) is 20.9. The van der Waals surface area contributed by atoms with Gasteiger partial charge in [-0.25, -0.2) is 0 Å². The smallest absolute Gasteiger partial charge is 0.0964 e. The van der Waals surface area contributed by atoms with E-state index in [0.717, 1.165) is 6.42 Å². The Bertz CT molecular complexity index is 262. The lowest BCUT2D eigenvalue weighted by molar-refractivity contribution is -0.182. The predicted molar refractivity (Wildman–Crippen MR) is 67.2 cm³/mol. The van der Waals surface area contributed by atoms with Crippen LogP contribution in [0.4, 0.5) is 0 Å². The summed E-state index contributed by atoms with van der Waals surface area (Å²) in [4.78, 5) is 0. The maximum Gasteiger partial charge on any atom is 0.0964 e. The van der Waals surface area contributed by atoms with Crippen molar-refractivity contribution >= 4 is 0 Å². The molecule has 0 amide bonds. The molecule has 0 aromatic carbocycles. The molecule has 16 heavy (non-hydrogen) atoms. The average molecular weight is 226 g/mol. The fraction of sp³-hybridized carbons (Fsp3) is 0.857. The molecule has 0 spiro atoms. The number of rotatable bonds is 2. The van der Waals surface area contributed by atoms with E-state index in [1.807, 2.05) is 0 Å². The van der Waals surface area contributed by atoms with Gasteiger partial charge in [-0.05, 0) is 43.9 Å². The van der Waals surface area contributed by atoms with Crippen LogP contribution in [0.1, 0.15) is 53.4 Å². The molecule has 1 aliphatic rings. The van der Waals surface area contributed by atoms with Crippen LogP contribution in [0.15, 0.2) is 12.7 Å². The lowest BCUT2D eigenvalue weighted by Crippen LogP contribution is -2.57. The third-order valence-corrected chi connectivity index (χ3v) is 4.26. The molecule has 0 aliphatic heterocycles. The molecule has 2 nitrogen and oxygen atoms in total. The summed E-state index contributed by atoms with van der Waals surface area (Å²) in [6.07, 6.45) is 4.47. The summed E-state index contributed by atoms with van der Waals surface area (Å²) in [6, 6.07) is 0. The Kier molecular flexibility index (Phi) is 3.56. The second-order valence-electron chi connectivity index (χ2n) is 6.60. The van der Waals surface area contributed by atoms with Crippen molar-refractivity contribution in [3.8, 4) is 0 Å². The molecule has 1 saturated carbocycles. The van der Waals surface area contributed by atoms with Gasteiger partial charge in [0.05, 0.1) is 11.2 Å². The van der Waals surface area contributed by atoms with Crippen LogP contribution in [-0.2, 0) is 0 Å². The zero-order valence-electron chi connectivity index (χ0n) is 11.1. The highest BCUT2D eigenvalue weighted by atomic mass is 16.4. The molecular weight excluding hydrogens is 200 g/mol. The minimum atomic E-state index is -1.00. The van der Waals surface area contributed by atoms with E-state index < -0.39 is 11.2 Å². The molecule has 0 radical (unpaired) electrons. The fourth-order valence-electron chi connectivity index (χ4n) is 2.75. The van der Waals surface area contributed by atoms with Gasteiger partial charge in [-0.15, -0.1) is 6.58 Å². The molecule has 0 aromatic rings. The zero-order chi connectivity index (χ0) is 12.6. The minimum absolute atomic E-state index is 0.194. The number of hydrogen-bond donors (Lipinski definition) is 2. The van der Waals surface area contributed by atoms with Crippen LogP contribution < -0.4 is 0 Å². The summed E-state index contributed by atoms with van der Waals surface area (Å²) in [5.41, 5.74) is -1.80. The Labute approximate surface area is 99.4 Å². The van der Waals surface area contributed by atoms with Crippen LogP contribution in [0.3, 0.4) is 0 Å². The van der Waals surface area contributed by atoms with E-state index in [4.69, 9.17) is 0 Å². The Hall–Kier alpha value is -0.340. The molecule has 1 rings (SSSR count). The average Bonchev–Trinajstić information content (AvgIpc) is 2.08. The molecule has 1 fully saturated rings. The highest BCUT2D eigenvalue weighted by molar-refractivity contribution is 5.05. The molecule has 3 atom stereocenters. The lowest BCUT2D eigenvalue weighted by atomic mass is 9.61. The van der Waals surface area contributed by atoms with Crippen molar-refractivity contribution in [1.29, 1.82) is 0 Å². The van der Waals surface area contributed by atoms with Gasteiger partial charge in [0.15, 0.2) is 0 Å². The van der Waals surface area contributed by atoms with Crippen molar-refractivity contribution < 1.29 is 10.2 Å². The topological polar surface area (TPSA) is 40.5 Å². The molecule has 2 N–H and O–H groups in total. The summed E-state index contributed by atoms with van der Waals surface area (Å²) in [6.45, 7) is 12.0. The van der Waals surface area contributed by atoms with Gasteiger partial charge in [-0.3, -0.25) is 0 Å². The van der Waals surface area contributed by atoms with Crippen molar-refractivity contribution in [2.24, 2.45) is 11.3 Å².